The van der Waals surface area contributed by atoms with E-state index in [1.165, 1.54) is 6.07 Å². The zero-order valence-electron chi connectivity index (χ0n) is 12.3. The first-order valence-corrected chi connectivity index (χ1v) is 7.08. The fourth-order valence-corrected chi connectivity index (χ4v) is 1.98. The molecule has 2 amide bonds. The highest BCUT2D eigenvalue weighted by Gasteiger charge is 2.05. The molecule has 0 aromatic heterocycles. The second kappa shape index (κ2) is 7.56. The van der Waals surface area contributed by atoms with Crippen molar-refractivity contribution in [2.45, 2.75) is 26.1 Å². The van der Waals surface area contributed by atoms with Gasteiger partial charge in [-0.05, 0) is 24.1 Å². The molecule has 0 heterocycles. The lowest BCUT2D eigenvalue weighted by atomic mass is 10.1. The van der Waals surface area contributed by atoms with E-state index < -0.39 is 6.10 Å². The van der Waals surface area contributed by atoms with Crippen LogP contribution in [0.4, 0.5) is 9.18 Å². The summed E-state index contributed by atoms with van der Waals surface area (Å²) in [6.07, 6.45) is -0.508. The van der Waals surface area contributed by atoms with E-state index in [0.717, 1.165) is 11.1 Å². The van der Waals surface area contributed by atoms with Crippen molar-refractivity contribution >= 4 is 6.03 Å². The number of nitrogens with one attached hydrogen (secondary N) is 2. The summed E-state index contributed by atoms with van der Waals surface area (Å²) in [4.78, 5) is 11.7. The zero-order valence-corrected chi connectivity index (χ0v) is 12.3. The van der Waals surface area contributed by atoms with Crippen molar-refractivity contribution in [1.82, 2.24) is 10.6 Å². The van der Waals surface area contributed by atoms with E-state index in [0.29, 0.717) is 12.1 Å². The molecule has 22 heavy (non-hydrogen) atoms. The minimum Gasteiger partial charge on any atom is -0.389 e. The van der Waals surface area contributed by atoms with Crippen molar-refractivity contribution in [2.75, 3.05) is 0 Å². The van der Waals surface area contributed by atoms with Crippen molar-refractivity contribution in [2.24, 2.45) is 0 Å². The van der Waals surface area contributed by atoms with Crippen molar-refractivity contribution in [1.29, 1.82) is 0 Å². The third-order valence-corrected chi connectivity index (χ3v) is 3.31. The first kappa shape index (κ1) is 16.0. The Hall–Kier alpha value is -2.40. The second-order valence-electron chi connectivity index (χ2n) is 5.05. The fraction of sp³-hybridized carbons (Fsp3) is 0.235. The normalized spacial score (nSPS) is 11.8. The number of halogens is 1. The van der Waals surface area contributed by atoms with Gasteiger partial charge in [0.2, 0.25) is 0 Å². The second-order valence-corrected chi connectivity index (χ2v) is 5.05. The van der Waals surface area contributed by atoms with E-state index in [1.807, 2.05) is 24.3 Å². The van der Waals surface area contributed by atoms with E-state index >= 15 is 0 Å². The van der Waals surface area contributed by atoms with Gasteiger partial charge in [-0.25, -0.2) is 9.18 Å². The fourth-order valence-electron chi connectivity index (χ4n) is 1.98. The molecular formula is C17H19FN2O2. The maximum absolute atomic E-state index is 13.4. The third kappa shape index (κ3) is 4.56. The van der Waals surface area contributed by atoms with Crippen LogP contribution < -0.4 is 10.6 Å². The summed E-state index contributed by atoms with van der Waals surface area (Å²) in [6, 6.07) is 13.3. The number of hydrogen-bond donors (Lipinski definition) is 3. The number of urea groups is 1. The Balaban J connectivity index is 1.79. The van der Waals surface area contributed by atoms with Gasteiger partial charge in [-0.3, -0.25) is 0 Å². The van der Waals surface area contributed by atoms with Crippen molar-refractivity contribution < 1.29 is 14.3 Å². The Morgan fingerprint density at radius 2 is 1.73 bits per heavy atom. The van der Waals surface area contributed by atoms with Gasteiger partial charge >= 0.3 is 6.03 Å². The molecule has 2 rings (SSSR count). The zero-order chi connectivity index (χ0) is 15.9. The van der Waals surface area contributed by atoms with Gasteiger partial charge in [0.05, 0.1) is 6.10 Å². The topological polar surface area (TPSA) is 61.4 Å². The van der Waals surface area contributed by atoms with Crippen LogP contribution in [-0.4, -0.2) is 11.1 Å². The van der Waals surface area contributed by atoms with Crippen LogP contribution in [0, 0.1) is 5.82 Å². The number of benzene rings is 2. The quantitative estimate of drug-likeness (QED) is 0.795. The molecule has 3 N–H and O–H groups in total. The van der Waals surface area contributed by atoms with Gasteiger partial charge in [0, 0.05) is 18.7 Å². The molecule has 0 aliphatic heterocycles. The van der Waals surface area contributed by atoms with Crippen LogP contribution in [0.2, 0.25) is 0 Å². The summed E-state index contributed by atoms with van der Waals surface area (Å²) < 4.78 is 13.4. The molecular weight excluding hydrogens is 283 g/mol. The van der Waals surface area contributed by atoms with Crippen LogP contribution in [0.5, 0.6) is 0 Å². The molecule has 0 fully saturated rings. The highest BCUT2D eigenvalue weighted by molar-refractivity contribution is 5.73. The first-order chi connectivity index (χ1) is 10.6. The maximum atomic E-state index is 13.4. The molecule has 0 radical (unpaired) electrons. The van der Waals surface area contributed by atoms with Gasteiger partial charge in [0.1, 0.15) is 5.82 Å². The minimum atomic E-state index is -0.508. The number of carbonyl (C=O) groups excluding carboxylic acids is 1. The standard InChI is InChI=1S/C17H19FN2O2/c1-12(21)14-8-6-13(7-9-14)10-19-17(22)20-11-15-4-2-3-5-16(15)18/h2-9,12,21H,10-11H2,1H3,(H2,19,20,22)/t12-/m0/s1. The molecule has 1 atom stereocenters. The largest absolute Gasteiger partial charge is 0.389 e. The summed E-state index contributed by atoms with van der Waals surface area (Å²) in [7, 11) is 0. The van der Waals surface area contributed by atoms with Gasteiger partial charge in [-0.2, -0.15) is 0 Å². The van der Waals surface area contributed by atoms with E-state index in [4.69, 9.17) is 0 Å². The van der Waals surface area contributed by atoms with E-state index in [-0.39, 0.29) is 18.4 Å². The maximum Gasteiger partial charge on any atom is 0.315 e. The van der Waals surface area contributed by atoms with Crippen molar-refractivity contribution in [3.05, 3.63) is 71.0 Å². The van der Waals surface area contributed by atoms with Gasteiger partial charge in [0.25, 0.3) is 0 Å². The smallest absolute Gasteiger partial charge is 0.315 e. The summed E-state index contributed by atoms with van der Waals surface area (Å²) in [5.41, 5.74) is 2.19. The van der Waals surface area contributed by atoms with Crippen LogP contribution in [0.3, 0.4) is 0 Å². The Morgan fingerprint density at radius 1 is 1.09 bits per heavy atom. The van der Waals surface area contributed by atoms with Gasteiger partial charge in [-0.15, -0.1) is 0 Å². The average Bonchev–Trinajstić information content (AvgIpc) is 2.52. The first-order valence-electron chi connectivity index (χ1n) is 7.08. The highest BCUT2D eigenvalue weighted by atomic mass is 19.1. The Kier molecular flexibility index (Phi) is 5.49. The molecule has 0 saturated carbocycles. The molecule has 0 bridgehead atoms. The Bertz CT molecular complexity index is 627. The van der Waals surface area contributed by atoms with E-state index in [2.05, 4.69) is 10.6 Å². The highest BCUT2D eigenvalue weighted by Crippen LogP contribution is 2.12. The van der Waals surface area contributed by atoms with Gasteiger partial charge in [-0.1, -0.05) is 42.5 Å². The van der Waals surface area contributed by atoms with Crippen LogP contribution in [0.25, 0.3) is 0 Å². The number of hydrogen-bond acceptors (Lipinski definition) is 2. The third-order valence-electron chi connectivity index (χ3n) is 3.31. The molecule has 0 unspecified atom stereocenters. The summed E-state index contributed by atoms with van der Waals surface area (Å²) in [5, 5.41) is 14.7. The lowest BCUT2D eigenvalue weighted by molar-refractivity contribution is 0.199. The number of amides is 2. The molecule has 4 nitrogen and oxygen atoms in total. The number of aliphatic hydroxyl groups excluding tert-OH is 1. The lowest BCUT2D eigenvalue weighted by Gasteiger charge is -2.09. The molecule has 0 aliphatic rings. The molecule has 116 valence electrons. The number of aliphatic hydroxyl groups is 1. The van der Waals surface area contributed by atoms with E-state index in [9.17, 15) is 14.3 Å². The molecule has 0 spiro atoms. The summed E-state index contributed by atoms with van der Waals surface area (Å²) in [5.74, 6) is -0.337. The number of rotatable bonds is 5. The number of carbonyl (C=O) groups is 1. The molecule has 2 aromatic carbocycles. The monoisotopic (exact) mass is 302 g/mol. The summed E-state index contributed by atoms with van der Waals surface area (Å²) in [6.45, 7) is 2.20. The average molecular weight is 302 g/mol. The molecule has 2 aromatic rings. The Morgan fingerprint density at radius 3 is 2.36 bits per heavy atom. The summed E-state index contributed by atoms with van der Waals surface area (Å²) >= 11 is 0. The predicted octanol–water partition coefficient (Wildman–Crippen LogP) is 2.88. The molecule has 0 aliphatic carbocycles. The predicted molar refractivity (Wildman–Crippen MR) is 82.6 cm³/mol. The molecule has 5 heteroatoms. The van der Waals surface area contributed by atoms with Crippen LogP contribution in [0.1, 0.15) is 29.7 Å². The van der Waals surface area contributed by atoms with Gasteiger partial charge in [0.15, 0.2) is 0 Å². The van der Waals surface area contributed by atoms with Crippen molar-refractivity contribution in [3.8, 4) is 0 Å². The van der Waals surface area contributed by atoms with Crippen molar-refractivity contribution in [3.63, 3.8) is 0 Å². The molecule has 0 saturated heterocycles. The van der Waals surface area contributed by atoms with Gasteiger partial charge < -0.3 is 15.7 Å². The SMILES string of the molecule is C[C@H](O)c1ccc(CNC(=O)NCc2ccccc2F)cc1. The van der Waals surface area contributed by atoms with Crippen LogP contribution in [0.15, 0.2) is 48.5 Å². The van der Waals surface area contributed by atoms with Crippen LogP contribution in [-0.2, 0) is 13.1 Å². The van der Waals surface area contributed by atoms with Crippen LogP contribution >= 0.6 is 0 Å². The minimum absolute atomic E-state index is 0.138. The Labute approximate surface area is 129 Å². The van der Waals surface area contributed by atoms with E-state index in [1.54, 1.807) is 25.1 Å². The lowest BCUT2D eigenvalue weighted by Crippen LogP contribution is -2.34.